The first-order valence-electron chi connectivity index (χ1n) is 7.45. The highest BCUT2D eigenvalue weighted by Gasteiger charge is 2.07. The second kappa shape index (κ2) is 8.58. The van der Waals surface area contributed by atoms with E-state index in [1.54, 1.807) is 25.4 Å². The molecule has 0 spiro atoms. The summed E-state index contributed by atoms with van der Waals surface area (Å²) in [4.78, 5) is 16.2. The summed E-state index contributed by atoms with van der Waals surface area (Å²) in [5, 5.41) is 6.01. The lowest BCUT2D eigenvalue weighted by Crippen LogP contribution is -2.26. The Labute approximate surface area is 136 Å². The summed E-state index contributed by atoms with van der Waals surface area (Å²) in [5.41, 5.74) is 2.35. The largest absolute Gasteiger partial charge is 0.497 e. The molecule has 1 aromatic carbocycles. The molecule has 1 heterocycles. The summed E-state index contributed by atoms with van der Waals surface area (Å²) in [7, 11) is 1.64. The Hall–Kier alpha value is -2.82. The van der Waals surface area contributed by atoms with Crippen LogP contribution in [0.2, 0.25) is 0 Å². The first kappa shape index (κ1) is 16.5. The Bertz CT molecular complexity index is 671. The quantitative estimate of drug-likeness (QED) is 0.736. The van der Waals surface area contributed by atoms with E-state index in [-0.39, 0.29) is 5.91 Å². The summed E-state index contributed by atoms with van der Waals surface area (Å²) in [6, 6.07) is 11.3. The maximum atomic E-state index is 12.1. The van der Waals surface area contributed by atoms with Gasteiger partial charge in [-0.3, -0.25) is 9.78 Å². The number of benzene rings is 1. The van der Waals surface area contributed by atoms with Gasteiger partial charge in [0.25, 0.3) is 5.91 Å². The van der Waals surface area contributed by atoms with E-state index in [0.29, 0.717) is 18.8 Å². The standard InChI is InChI=1S/C18H21N3O2/c1-3-9-19-15-8-11-20-17(13-15)18(22)21-10-7-14-5-4-6-16(12-14)23-2/h3-6,8,11-13H,1,7,9-10H2,2H3,(H,19,20)(H,21,22). The lowest BCUT2D eigenvalue weighted by molar-refractivity contribution is 0.0949. The molecular weight excluding hydrogens is 290 g/mol. The molecule has 5 heteroatoms. The van der Waals surface area contributed by atoms with Gasteiger partial charge in [0.1, 0.15) is 11.4 Å². The fourth-order valence-electron chi connectivity index (χ4n) is 2.09. The fraction of sp³-hybridized carbons (Fsp3) is 0.222. The van der Waals surface area contributed by atoms with Gasteiger partial charge in [-0.15, -0.1) is 6.58 Å². The zero-order valence-corrected chi connectivity index (χ0v) is 13.2. The number of rotatable bonds is 8. The number of anilines is 1. The molecule has 2 rings (SSSR count). The van der Waals surface area contributed by atoms with E-state index in [1.807, 2.05) is 30.3 Å². The monoisotopic (exact) mass is 311 g/mol. The molecule has 0 saturated carbocycles. The van der Waals surface area contributed by atoms with Crippen LogP contribution >= 0.6 is 0 Å². The van der Waals surface area contributed by atoms with Crippen LogP contribution < -0.4 is 15.4 Å². The van der Waals surface area contributed by atoms with Gasteiger partial charge in [-0.1, -0.05) is 18.2 Å². The Balaban J connectivity index is 1.88. The van der Waals surface area contributed by atoms with E-state index in [1.165, 1.54) is 0 Å². The maximum Gasteiger partial charge on any atom is 0.269 e. The topological polar surface area (TPSA) is 63.2 Å². The molecule has 0 unspecified atom stereocenters. The van der Waals surface area contributed by atoms with Gasteiger partial charge in [-0.05, 0) is 36.2 Å². The van der Waals surface area contributed by atoms with Crippen LogP contribution in [-0.2, 0) is 6.42 Å². The van der Waals surface area contributed by atoms with Gasteiger partial charge in [0, 0.05) is 25.0 Å². The highest BCUT2D eigenvalue weighted by molar-refractivity contribution is 5.93. The van der Waals surface area contributed by atoms with Crippen molar-refractivity contribution in [3.05, 3.63) is 66.5 Å². The third-order valence-electron chi connectivity index (χ3n) is 3.28. The summed E-state index contributed by atoms with van der Waals surface area (Å²) in [6.07, 6.45) is 4.11. The Kier molecular flexibility index (Phi) is 6.17. The van der Waals surface area contributed by atoms with Crippen LogP contribution in [0.4, 0.5) is 5.69 Å². The molecule has 2 N–H and O–H groups in total. The number of hydrogen-bond acceptors (Lipinski definition) is 4. The molecule has 23 heavy (non-hydrogen) atoms. The third-order valence-corrected chi connectivity index (χ3v) is 3.28. The lowest BCUT2D eigenvalue weighted by atomic mass is 10.1. The molecule has 0 fully saturated rings. The number of nitrogens with zero attached hydrogens (tertiary/aromatic N) is 1. The number of carbonyl (C=O) groups excluding carboxylic acids is 1. The van der Waals surface area contributed by atoms with Gasteiger partial charge >= 0.3 is 0 Å². The molecule has 5 nitrogen and oxygen atoms in total. The van der Waals surface area contributed by atoms with Crippen molar-refractivity contribution in [1.82, 2.24) is 10.3 Å². The molecular formula is C18H21N3O2. The van der Waals surface area contributed by atoms with Gasteiger partial charge < -0.3 is 15.4 Å². The van der Waals surface area contributed by atoms with Crippen LogP contribution in [0.5, 0.6) is 5.75 Å². The lowest BCUT2D eigenvalue weighted by Gasteiger charge is -2.08. The minimum absolute atomic E-state index is 0.185. The van der Waals surface area contributed by atoms with Crippen LogP contribution in [0.1, 0.15) is 16.1 Å². The Morgan fingerprint density at radius 2 is 2.22 bits per heavy atom. The second-order valence-electron chi connectivity index (χ2n) is 4.96. The first-order chi connectivity index (χ1) is 11.2. The average molecular weight is 311 g/mol. The number of pyridine rings is 1. The van der Waals surface area contributed by atoms with E-state index in [0.717, 1.165) is 23.4 Å². The summed E-state index contributed by atoms with van der Waals surface area (Å²) < 4.78 is 5.19. The Morgan fingerprint density at radius 1 is 1.35 bits per heavy atom. The normalized spacial score (nSPS) is 9.96. The van der Waals surface area contributed by atoms with E-state index in [2.05, 4.69) is 22.2 Å². The van der Waals surface area contributed by atoms with E-state index >= 15 is 0 Å². The molecule has 1 aromatic heterocycles. The number of hydrogen-bond donors (Lipinski definition) is 2. The molecule has 1 amide bonds. The maximum absolute atomic E-state index is 12.1. The number of aromatic nitrogens is 1. The number of ether oxygens (including phenoxy) is 1. The first-order valence-corrected chi connectivity index (χ1v) is 7.45. The van der Waals surface area contributed by atoms with Crippen molar-refractivity contribution in [3.8, 4) is 5.75 Å². The van der Waals surface area contributed by atoms with E-state index < -0.39 is 0 Å². The van der Waals surface area contributed by atoms with Crippen molar-refractivity contribution >= 4 is 11.6 Å². The Morgan fingerprint density at radius 3 is 3.00 bits per heavy atom. The number of carbonyl (C=O) groups is 1. The van der Waals surface area contributed by atoms with Crippen molar-refractivity contribution in [2.75, 3.05) is 25.5 Å². The SMILES string of the molecule is C=CCNc1ccnc(C(=O)NCCc2cccc(OC)c2)c1. The van der Waals surface area contributed by atoms with Gasteiger partial charge in [0.2, 0.25) is 0 Å². The van der Waals surface area contributed by atoms with Crippen molar-refractivity contribution < 1.29 is 9.53 Å². The molecule has 0 atom stereocenters. The third kappa shape index (κ3) is 5.14. The zero-order valence-electron chi connectivity index (χ0n) is 13.2. The highest BCUT2D eigenvalue weighted by atomic mass is 16.5. The van der Waals surface area contributed by atoms with Gasteiger partial charge in [0.15, 0.2) is 0 Å². The molecule has 0 aliphatic rings. The molecule has 0 aliphatic carbocycles. The summed E-state index contributed by atoms with van der Waals surface area (Å²) in [5.74, 6) is 0.631. The molecule has 0 bridgehead atoms. The smallest absolute Gasteiger partial charge is 0.269 e. The van der Waals surface area contributed by atoms with Crippen LogP contribution in [0.15, 0.2) is 55.3 Å². The number of methoxy groups -OCH3 is 1. The van der Waals surface area contributed by atoms with Crippen molar-refractivity contribution in [2.24, 2.45) is 0 Å². The van der Waals surface area contributed by atoms with Crippen molar-refractivity contribution in [1.29, 1.82) is 0 Å². The van der Waals surface area contributed by atoms with Gasteiger partial charge in [-0.2, -0.15) is 0 Å². The predicted molar refractivity (Wildman–Crippen MR) is 92.0 cm³/mol. The summed E-state index contributed by atoms with van der Waals surface area (Å²) in [6.45, 7) is 4.83. The van der Waals surface area contributed by atoms with E-state index in [9.17, 15) is 4.79 Å². The molecule has 0 aliphatic heterocycles. The van der Waals surface area contributed by atoms with Crippen LogP contribution in [0, 0.1) is 0 Å². The van der Waals surface area contributed by atoms with Gasteiger partial charge in [0.05, 0.1) is 7.11 Å². The van der Waals surface area contributed by atoms with Crippen molar-refractivity contribution in [2.45, 2.75) is 6.42 Å². The van der Waals surface area contributed by atoms with Gasteiger partial charge in [-0.25, -0.2) is 0 Å². The van der Waals surface area contributed by atoms with Crippen LogP contribution in [-0.4, -0.2) is 31.1 Å². The molecule has 2 aromatic rings. The summed E-state index contributed by atoms with van der Waals surface area (Å²) >= 11 is 0. The zero-order chi connectivity index (χ0) is 16.5. The predicted octanol–water partition coefficient (Wildman–Crippen LogP) is 2.66. The molecule has 0 radical (unpaired) electrons. The van der Waals surface area contributed by atoms with Crippen molar-refractivity contribution in [3.63, 3.8) is 0 Å². The molecule has 120 valence electrons. The van der Waals surface area contributed by atoms with E-state index in [4.69, 9.17) is 4.74 Å². The second-order valence-corrected chi connectivity index (χ2v) is 4.96. The number of amides is 1. The average Bonchev–Trinajstić information content (AvgIpc) is 2.60. The van der Waals surface area contributed by atoms with Crippen LogP contribution in [0.3, 0.4) is 0 Å². The minimum Gasteiger partial charge on any atom is -0.497 e. The fourth-order valence-corrected chi connectivity index (χ4v) is 2.09. The van der Waals surface area contributed by atoms with Crippen LogP contribution in [0.25, 0.3) is 0 Å². The minimum atomic E-state index is -0.185. The molecule has 0 saturated heterocycles. The highest BCUT2D eigenvalue weighted by Crippen LogP contribution is 2.12. The number of nitrogens with one attached hydrogen (secondary N) is 2.